The van der Waals surface area contributed by atoms with Gasteiger partial charge in [-0.2, -0.15) is 0 Å². The minimum absolute atomic E-state index is 0.154. The van der Waals surface area contributed by atoms with Gasteiger partial charge >= 0.3 is 5.97 Å². The van der Waals surface area contributed by atoms with Crippen LogP contribution in [0.25, 0.3) is 0 Å². The van der Waals surface area contributed by atoms with Crippen LogP contribution in [0.5, 0.6) is 0 Å². The summed E-state index contributed by atoms with van der Waals surface area (Å²) in [5.74, 6) is -1.34. The van der Waals surface area contributed by atoms with Crippen LogP contribution in [0.3, 0.4) is 0 Å². The van der Waals surface area contributed by atoms with Crippen molar-refractivity contribution in [2.24, 2.45) is 0 Å². The molecule has 6 nitrogen and oxygen atoms in total. The second-order valence-corrected chi connectivity index (χ2v) is 4.77. The summed E-state index contributed by atoms with van der Waals surface area (Å²) in [5, 5.41) is 11.9. The number of nitrogens with zero attached hydrogens (tertiary/aromatic N) is 1. The number of likely N-dealkylation sites (tertiary alicyclic amines) is 1. The normalized spacial score (nSPS) is 19.2. The Labute approximate surface area is 116 Å². The Hall–Kier alpha value is -2.21. The molecule has 2 rings (SSSR count). The summed E-state index contributed by atoms with van der Waals surface area (Å²) in [6.45, 7) is 0.457. The minimum atomic E-state index is -0.966. The molecule has 1 atom stereocenters. The van der Waals surface area contributed by atoms with Crippen molar-refractivity contribution in [1.82, 2.24) is 10.2 Å². The predicted octanol–water partition coefficient (Wildman–Crippen LogP) is 0.622. The molecule has 1 saturated heterocycles. The first-order valence-corrected chi connectivity index (χ1v) is 6.35. The monoisotopic (exact) mass is 276 g/mol. The summed E-state index contributed by atoms with van der Waals surface area (Å²) in [6, 6.07) is 6.10. The van der Waals surface area contributed by atoms with E-state index in [4.69, 9.17) is 5.11 Å². The van der Waals surface area contributed by atoms with Crippen molar-refractivity contribution >= 4 is 17.8 Å². The van der Waals surface area contributed by atoms with Crippen molar-refractivity contribution in [2.75, 3.05) is 7.05 Å². The highest BCUT2D eigenvalue weighted by Crippen LogP contribution is 2.12. The van der Waals surface area contributed by atoms with Gasteiger partial charge in [0.25, 0.3) is 0 Å². The molecule has 1 heterocycles. The van der Waals surface area contributed by atoms with Crippen LogP contribution in [0.1, 0.15) is 28.8 Å². The highest BCUT2D eigenvalue weighted by molar-refractivity contribution is 6.00. The number of carbonyl (C=O) groups excluding carboxylic acids is 2. The number of carboxylic acids is 1. The summed E-state index contributed by atoms with van der Waals surface area (Å²) in [6.07, 6.45) is 0.854. The van der Waals surface area contributed by atoms with E-state index < -0.39 is 5.97 Å². The second kappa shape index (κ2) is 5.83. The third-order valence-corrected chi connectivity index (χ3v) is 3.40. The topological polar surface area (TPSA) is 86.7 Å². The molecule has 0 saturated carbocycles. The Bertz CT molecular complexity index is 539. The third-order valence-electron chi connectivity index (χ3n) is 3.40. The summed E-state index contributed by atoms with van der Waals surface area (Å²) < 4.78 is 0. The van der Waals surface area contributed by atoms with Crippen molar-refractivity contribution in [1.29, 1.82) is 0 Å². The van der Waals surface area contributed by atoms with E-state index in [2.05, 4.69) is 5.32 Å². The zero-order chi connectivity index (χ0) is 14.7. The molecule has 0 aliphatic carbocycles. The zero-order valence-corrected chi connectivity index (χ0v) is 11.1. The lowest BCUT2D eigenvalue weighted by atomic mass is 10.0. The molecule has 1 aromatic carbocycles. The molecule has 0 aromatic heterocycles. The standard InChI is InChI=1S/C14H16N2O4/c1-16-12(17)7-6-11(13(16)18)15-8-9-2-4-10(5-3-9)14(19)20/h2-5,11,15H,6-8H2,1H3,(H,19,20). The number of aromatic carboxylic acids is 1. The van der Waals surface area contributed by atoms with Crippen LogP contribution in [-0.2, 0) is 16.1 Å². The molecule has 0 spiro atoms. The molecule has 20 heavy (non-hydrogen) atoms. The number of hydrogen-bond donors (Lipinski definition) is 2. The van der Waals surface area contributed by atoms with Gasteiger partial charge < -0.3 is 10.4 Å². The lowest BCUT2D eigenvalue weighted by molar-refractivity contribution is -0.148. The van der Waals surface area contributed by atoms with Gasteiger partial charge in [-0.1, -0.05) is 12.1 Å². The van der Waals surface area contributed by atoms with Gasteiger partial charge in [-0.05, 0) is 24.1 Å². The van der Waals surface area contributed by atoms with Gasteiger partial charge in [0.05, 0.1) is 11.6 Å². The molecule has 1 unspecified atom stereocenters. The predicted molar refractivity (Wildman–Crippen MR) is 71.0 cm³/mol. The number of rotatable bonds is 4. The van der Waals surface area contributed by atoms with E-state index in [9.17, 15) is 14.4 Å². The van der Waals surface area contributed by atoms with E-state index in [0.29, 0.717) is 19.4 Å². The summed E-state index contributed by atoms with van der Waals surface area (Å²) in [7, 11) is 1.49. The molecule has 1 fully saturated rings. The van der Waals surface area contributed by atoms with Gasteiger partial charge in [0.2, 0.25) is 11.8 Å². The summed E-state index contributed by atoms with van der Waals surface area (Å²) >= 11 is 0. The number of imide groups is 1. The lowest BCUT2D eigenvalue weighted by Gasteiger charge is -2.28. The fourth-order valence-corrected chi connectivity index (χ4v) is 2.11. The number of hydrogen-bond acceptors (Lipinski definition) is 4. The average Bonchev–Trinajstić information content (AvgIpc) is 2.44. The Morgan fingerprint density at radius 2 is 2.00 bits per heavy atom. The van der Waals surface area contributed by atoms with Gasteiger partial charge in [-0.25, -0.2) is 4.79 Å². The van der Waals surface area contributed by atoms with E-state index in [1.807, 2.05) is 0 Å². The highest BCUT2D eigenvalue weighted by atomic mass is 16.4. The number of amides is 2. The Balaban J connectivity index is 1.93. The van der Waals surface area contributed by atoms with E-state index >= 15 is 0 Å². The molecule has 6 heteroatoms. The van der Waals surface area contributed by atoms with Crippen LogP contribution in [0.4, 0.5) is 0 Å². The summed E-state index contributed by atoms with van der Waals surface area (Å²) in [5.41, 5.74) is 1.12. The van der Waals surface area contributed by atoms with Gasteiger partial charge in [-0.15, -0.1) is 0 Å². The fraction of sp³-hybridized carbons (Fsp3) is 0.357. The number of carboxylic acid groups (broad SMARTS) is 1. The van der Waals surface area contributed by atoms with Crippen LogP contribution in [0.2, 0.25) is 0 Å². The lowest BCUT2D eigenvalue weighted by Crippen LogP contribution is -2.51. The maximum atomic E-state index is 11.9. The Morgan fingerprint density at radius 1 is 1.35 bits per heavy atom. The summed E-state index contributed by atoms with van der Waals surface area (Å²) in [4.78, 5) is 35.1. The number of nitrogens with one attached hydrogen (secondary N) is 1. The van der Waals surface area contributed by atoms with Crippen LogP contribution in [0.15, 0.2) is 24.3 Å². The van der Waals surface area contributed by atoms with Gasteiger partial charge in [0.15, 0.2) is 0 Å². The molecule has 2 amide bonds. The van der Waals surface area contributed by atoms with Gasteiger partial charge in [-0.3, -0.25) is 14.5 Å². The van der Waals surface area contributed by atoms with Crippen molar-refractivity contribution in [2.45, 2.75) is 25.4 Å². The molecule has 1 aliphatic heterocycles. The molecule has 0 radical (unpaired) electrons. The minimum Gasteiger partial charge on any atom is -0.478 e. The second-order valence-electron chi connectivity index (χ2n) is 4.77. The van der Waals surface area contributed by atoms with Gasteiger partial charge in [0, 0.05) is 20.0 Å². The number of piperidine rings is 1. The molecule has 1 aromatic rings. The van der Waals surface area contributed by atoms with Crippen LogP contribution in [0, 0.1) is 0 Å². The van der Waals surface area contributed by atoms with Crippen LogP contribution in [-0.4, -0.2) is 40.9 Å². The maximum Gasteiger partial charge on any atom is 0.335 e. The molecular weight excluding hydrogens is 260 g/mol. The quantitative estimate of drug-likeness (QED) is 0.787. The molecule has 106 valence electrons. The van der Waals surface area contributed by atoms with Gasteiger partial charge in [0.1, 0.15) is 0 Å². The van der Waals surface area contributed by atoms with E-state index in [0.717, 1.165) is 10.5 Å². The first-order chi connectivity index (χ1) is 9.49. The van der Waals surface area contributed by atoms with Crippen molar-refractivity contribution in [3.05, 3.63) is 35.4 Å². The zero-order valence-electron chi connectivity index (χ0n) is 11.1. The number of carbonyl (C=O) groups is 3. The van der Waals surface area contributed by atoms with Crippen LogP contribution >= 0.6 is 0 Å². The molecule has 1 aliphatic rings. The molecule has 0 bridgehead atoms. The molecule has 2 N–H and O–H groups in total. The first kappa shape index (κ1) is 14.2. The average molecular weight is 276 g/mol. The highest BCUT2D eigenvalue weighted by Gasteiger charge is 2.31. The van der Waals surface area contributed by atoms with Crippen LogP contribution < -0.4 is 5.32 Å². The SMILES string of the molecule is CN1C(=O)CCC(NCc2ccc(C(=O)O)cc2)C1=O. The smallest absolute Gasteiger partial charge is 0.335 e. The maximum absolute atomic E-state index is 11.9. The van der Waals surface area contributed by atoms with Crippen molar-refractivity contribution in [3.8, 4) is 0 Å². The van der Waals surface area contributed by atoms with E-state index in [1.165, 1.54) is 19.2 Å². The number of benzene rings is 1. The van der Waals surface area contributed by atoms with E-state index in [-0.39, 0.29) is 23.4 Å². The largest absolute Gasteiger partial charge is 0.478 e. The van der Waals surface area contributed by atoms with E-state index in [1.54, 1.807) is 12.1 Å². The number of likely N-dealkylation sites (N-methyl/N-ethyl adjacent to an activating group) is 1. The Kier molecular flexibility index (Phi) is 4.14. The third kappa shape index (κ3) is 3.03. The van der Waals surface area contributed by atoms with Crippen molar-refractivity contribution in [3.63, 3.8) is 0 Å². The fourth-order valence-electron chi connectivity index (χ4n) is 2.11. The first-order valence-electron chi connectivity index (χ1n) is 6.35. The molecular formula is C14H16N2O4. The van der Waals surface area contributed by atoms with Crippen molar-refractivity contribution < 1.29 is 19.5 Å². The Morgan fingerprint density at radius 3 is 2.60 bits per heavy atom.